The van der Waals surface area contributed by atoms with E-state index in [-0.39, 0.29) is 18.1 Å². The molecule has 2 heterocycles. The van der Waals surface area contributed by atoms with Crippen LogP contribution in [0.2, 0.25) is 0 Å². The molecule has 0 radical (unpaired) electrons. The van der Waals surface area contributed by atoms with Crippen molar-refractivity contribution in [3.8, 4) is 6.07 Å². The van der Waals surface area contributed by atoms with Gasteiger partial charge in [0.25, 0.3) is 0 Å². The van der Waals surface area contributed by atoms with Gasteiger partial charge in [-0.1, -0.05) is 49.2 Å². The quantitative estimate of drug-likeness (QED) is 0.740. The molecule has 1 saturated carbocycles. The Morgan fingerprint density at radius 3 is 2.39 bits per heavy atom. The number of carbonyl (C=O) groups excluding carboxylic acids is 1. The first-order chi connectivity index (χ1) is 16.1. The summed E-state index contributed by atoms with van der Waals surface area (Å²) in [6, 6.07) is 18.6. The van der Waals surface area contributed by atoms with Gasteiger partial charge in [0.2, 0.25) is 0 Å². The molecule has 1 aliphatic carbocycles. The molecule has 0 bridgehead atoms. The lowest BCUT2D eigenvalue weighted by Crippen LogP contribution is -2.46. The van der Waals surface area contributed by atoms with Gasteiger partial charge < -0.3 is 14.9 Å². The molecule has 1 saturated heterocycles. The number of hydrogen-bond acceptors (Lipinski definition) is 4. The molecule has 0 spiro atoms. The molecule has 2 aromatic carbocycles. The highest BCUT2D eigenvalue weighted by atomic mass is 16.3. The van der Waals surface area contributed by atoms with Gasteiger partial charge in [-0.15, -0.1) is 0 Å². The number of fused-ring (bicyclic) bond motifs is 2. The van der Waals surface area contributed by atoms with Crippen LogP contribution in [0.3, 0.4) is 0 Å². The third-order valence-corrected chi connectivity index (χ3v) is 7.51. The van der Waals surface area contributed by atoms with Crippen LogP contribution in [0, 0.1) is 11.3 Å². The minimum Gasteiger partial charge on any atom is -0.390 e. The lowest BCUT2D eigenvalue weighted by Gasteiger charge is -2.34. The van der Waals surface area contributed by atoms with Crippen molar-refractivity contribution < 1.29 is 9.90 Å². The van der Waals surface area contributed by atoms with Crippen LogP contribution in [0.15, 0.2) is 48.5 Å². The van der Waals surface area contributed by atoms with Crippen LogP contribution in [0.25, 0.3) is 0 Å². The molecule has 6 nitrogen and oxygen atoms in total. The van der Waals surface area contributed by atoms with E-state index in [1.807, 2.05) is 34.1 Å². The summed E-state index contributed by atoms with van der Waals surface area (Å²) in [5.74, 6) is 0. The number of hydrogen-bond donors (Lipinski definition) is 1. The van der Waals surface area contributed by atoms with Crippen molar-refractivity contribution >= 4 is 6.03 Å². The molecule has 3 aliphatic rings. The summed E-state index contributed by atoms with van der Waals surface area (Å²) in [7, 11) is 0. The van der Waals surface area contributed by atoms with E-state index in [4.69, 9.17) is 5.26 Å². The van der Waals surface area contributed by atoms with E-state index >= 15 is 0 Å². The number of aliphatic hydroxyl groups excluding tert-OH is 1. The average molecular weight is 445 g/mol. The maximum absolute atomic E-state index is 13.5. The van der Waals surface area contributed by atoms with Crippen molar-refractivity contribution in [3.05, 3.63) is 70.8 Å². The first-order valence-corrected chi connectivity index (χ1v) is 12.2. The lowest BCUT2D eigenvalue weighted by atomic mass is 9.90. The van der Waals surface area contributed by atoms with Gasteiger partial charge in [-0.05, 0) is 48.1 Å². The average Bonchev–Trinajstić information content (AvgIpc) is 3.10. The zero-order valence-corrected chi connectivity index (χ0v) is 19.1. The summed E-state index contributed by atoms with van der Waals surface area (Å²) in [5.41, 5.74) is 4.42. The number of urea groups is 1. The highest BCUT2D eigenvalue weighted by molar-refractivity contribution is 5.78. The smallest absolute Gasteiger partial charge is 0.321 e. The second-order valence-electron chi connectivity index (χ2n) is 9.70. The van der Waals surface area contributed by atoms with E-state index in [1.165, 1.54) is 11.1 Å². The number of nitriles is 1. The van der Waals surface area contributed by atoms with Gasteiger partial charge in [0.05, 0.1) is 29.8 Å². The van der Waals surface area contributed by atoms with E-state index < -0.39 is 6.10 Å². The van der Waals surface area contributed by atoms with Gasteiger partial charge in [0, 0.05) is 32.7 Å². The fraction of sp³-hybridized carbons (Fsp3) is 0.481. The summed E-state index contributed by atoms with van der Waals surface area (Å²) in [4.78, 5) is 19.7. The molecule has 2 fully saturated rings. The summed E-state index contributed by atoms with van der Waals surface area (Å²) >= 11 is 0. The predicted octanol–water partition coefficient (Wildman–Crippen LogP) is 3.53. The van der Waals surface area contributed by atoms with E-state index in [1.54, 1.807) is 0 Å². The van der Waals surface area contributed by atoms with Crippen molar-refractivity contribution in [3.63, 3.8) is 0 Å². The number of rotatable bonds is 6. The monoisotopic (exact) mass is 444 g/mol. The Bertz CT molecular complexity index is 1030. The van der Waals surface area contributed by atoms with Crippen molar-refractivity contribution in [1.82, 2.24) is 14.7 Å². The van der Waals surface area contributed by atoms with Crippen molar-refractivity contribution in [1.29, 1.82) is 5.26 Å². The molecule has 2 aliphatic heterocycles. The lowest BCUT2D eigenvalue weighted by molar-refractivity contribution is 0.0689. The van der Waals surface area contributed by atoms with Crippen LogP contribution in [0.4, 0.5) is 4.79 Å². The Balaban J connectivity index is 1.24. The predicted molar refractivity (Wildman–Crippen MR) is 126 cm³/mol. The fourth-order valence-corrected chi connectivity index (χ4v) is 5.84. The van der Waals surface area contributed by atoms with E-state index in [2.05, 4.69) is 35.2 Å². The van der Waals surface area contributed by atoms with Gasteiger partial charge in [-0.2, -0.15) is 5.26 Å². The third kappa shape index (κ3) is 4.62. The molecule has 172 valence electrons. The second-order valence-corrected chi connectivity index (χ2v) is 9.70. The van der Waals surface area contributed by atoms with Crippen molar-refractivity contribution in [2.45, 2.75) is 63.4 Å². The summed E-state index contributed by atoms with van der Waals surface area (Å²) in [5, 5.41) is 20.0. The van der Waals surface area contributed by atoms with Gasteiger partial charge in [0.1, 0.15) is 0 Å². The Morgan fingerprint density at radius 2 is 1.67 bits per heavy atom. The molecular weight excluding hydrogens is 412 g/mol. The number of carbonyl (C=O) groups is 1. The molecule has 1 N–H and O–H groups in total. The molecule has 6 heteroatoms. The summed E-state index contributed by atoms with van der Waals surface area (Å²) < 4.78 is 0. The standard InChI is InChI=1S/C27H32N4O2/c28-15-20-9-11-21(12-10-20)16-30-25-7-3-4-8-26(25)31(27(30)33)19-24(32)18-29-14-13-22-5-1-2-6-23(22)17-29/h1-2,5-6,9-12,24-26,32H,3-4,7-8,13-14,16-19H2/t24?,25-,26-/m1/s1. The third-order valence-electron chi connectivity index (χ3n) is 7.51. The van der Waals surface area contributed by atoms with Crippen LogP contribution in [0.5, 0.6) is 0 Å². The molecular formula is C27H32N4O2. The van der Waals surface area contributed by atoms with Crippen LogP contribution in [0.1, 0.15) is 47.9 Å². The minimum atomic E-state index is -0.559. The van der Waals surface area contributed by atoms with Crippen LogP contribution >= 0.6 is 0 Å². The number of nitrogens with zero attached hydrogens (tertiary/aromatic N) is 4. The van der Waals surface area contributed by atoms with Crippen LogP contribution < -0.4 is 0 Å². The van der Waals surface area contributed by atoms with Crippen molar-refractivity contribution in [2.75, 3.05) is 19.6 Å². The minimum absolute atomic E-state index is 0.0410. The zero-order chi connectivity index (χ0) is 22.8. The zero-order valence-electron chi connectivity index (χ0n) is 19.1. The maximum atomic E-state index is 13.5. The van der Waals surface area contributed by atoms with E-state index in [9.17, 15) is 9.90 Å². The van der Waals surface area contributed by atoms with Gasteiger partial charge in [-0.3, -0.25) is 4.90 Å². The topological polar surface area (TPSA) is 70.8 Å². The normalized spacial score (nSPS) is 23.7. The fourth-order valence-electron chi connectivity index (χ4n) is 5.84. The molecule has 5 rings (SSSR count). The second kappa shape index (κ2) is 9.54. The number of aliphatic hydroxyl groups is 1. The molecule has 0 aromatic heterocycles. The summed E-state index contributed by atoms with van der Waals surface area (Å²) in [6.07, 6.45) is 4.74. The molecule has 3 atom stereocenters. The Morgan fingerprint density at radius 1 is 0.970 bits per heavy atom. The molecule has 2 amide bonds. The molecule has 2 aromatic rings. The first-order valence-electron chi connectivity index (χ1n) is 12.2. The van der Waals surface area contributed by atoms with E-state index in [0.29, 0.717) is 25.2 Å². The van der Waals surface area contributed by atoms with Crippen LogP contribution in [-0.4, -0.2) is 63.7 Å². The van der Waals surface area contributed by atoms with E-state index in [0.717, 1.165) is 50.8 Å². The number of amides is 2. The van der Waals surface area contributed by atoms with Crippen molar-refractivity contribution in [2.24, 2.45) is 0 Å². The maximum Gasteiger partial charge on any atom is 0.321 e. The Labute approximate surface area is 196 Å². The summed E-state index contributed by atoms with van der Waals surface area (Å²) in [6.45, 7) is 3.34. The molecule has 1 unspecified atom stereocenters. The number of β-amino-alcohol motifs (C(OH)–C–C–N with tert-alkyl or cyclic N) is 1. The highest BCUT2D eigenvalue weighted by Crippen LogP contribution is 2.35. The highest BCUT2D eigenvalue weighted by Gasteiger charge is 2.46. The van der Waals surface area contributed by atoms with Gasteiger partial charge in [0.15, 0.2) is 0 Å². The SMILES string of the molecule is N#Cc1ccc(CN2C(=O)N(CC(O)CN3CCc4ccccc4C3)[C@@H]3CCCC[C@H]32)cc1. The van der Waals surface area contributed by atoms with Gasteiger partial charge >= 0.3 is 6.03 Å². The first kappa shape index (κ1) is 21.9. The Hall–Kier alpha value is -2.88. The Kier molecular flexibility index (Phi) is 6.34. The largest absolute Gasteiger partial charge is 0.390 e. The molecule has 33 heavy (non-hydrogen) atoms. The number of benzene rings is 2. The van der Waals surface area contributed by atoms with Gasteiger partial charge in [-0.25, -0.2) is 4.79 Å². The van der Waals surface area contributed by atoms with Crippen LogP contribution in [-0.2, 0) is 19.5 Å².